The van der Waals surface area contributed by atoms with E-state index >= 15 is 0 Å². The highest BCUT2D eigenvalue weighted by Crippen LogP contribution is 2.19. The molecule has 1 rings (SSSR count). The molecule has 1 aromatic rings. The lowest BCUT2D eigenvalue weighted by molar-refractivity contribution is 0.571. The maximum atomic E-state index is 11.1. The molecule has 0 saturated carbocycles. The molecular weight excluding hydrogens is 188 g/mol. The molecule has 0 amide bonds. The van der Waals surface area contributed by atoms with Gasteiger partial charge in [0.05, 0.1) is 11.9 Å². The van der Waals surface area contributed by atoms with Gasteiger partial charge in [0.25, 0.3) is 0 Å². The van der Waals surface area contributed by atoms with Crippen LogP contribution in [0.4, 0.5) is 0 Å². The van der Waals surface area contributed by atoms with E-state index in [-0.39, 0.29) is 5.41 Å². The molecule has 0 N–H and O–H groups in total. The van der Waals surface area contributed by atoms with Crippen LogP contribution < -0.4 is 0 Å². The van der Waals surface area contributed by atoms with Gasteiger partial charge in [-0.05, 0) is 0 Å². The van der Waals surface area contributed by atoms with E-state index in [0.717, 1.165) is 15.9 Å². The molecule has 13 heavy (non-hydrogen) atoms. The summed E-state index contributed by atoms with van der Waals surface area (Å²) in [6, 6.07) is 0. The number of imidazole rings is 1. The molecule has 0 radical (unpaired) electrons. The Bertz CT molecular complexity index is 398. The Labute approximate surface area is 78.7 Å². The van der Waals surface area contributed by atoms with Crippen molar-refractivity contribution in [2.24, 2.45) is 0 Å². The molecule has 1 heterocycles. The molecule has 0 atom stereocenters. The Morgan fingerprint density at radius 3 is 2.15 bits per heavy atom. The van der Waals surface area contributed by atoms with E-state index in [1.165, 1.54) is 6.33 Å². The average molecular weight is 202 g/mol. The molecule has 74 valence electrons. The van der Waals surface area contributed by atoms with Crippen molar-refractivity contribution >= 4 is 10.0 Å². The van der Waals surface area contributed by atoms with Crippen LogP contribution in [0.25, 0.3) is 0 Å². The first-order chi connectivity index (χ1) is 5.71. The predicted octanol–water partition coefficient (Wildman–Crippen LogP) is 0.988. The van der Waals surface area contributed by atoms with Crippen LogP contribution in [0.3, 0.4) is 0 Å². The quantitative estimate of drug-likeness (QED) is 0.682. The van der Waals surface area contributed by atoms with E-state index in [4.69, 9.17) is 0 Å². The fourth-order valence-electron chi connectivity index (χ4n) is 0.875. The van der Waals surface area contributed by atoms with Crippen LogP contribution in [0.1, 0.15) is 26.5 Å². The van der Waals surface area contributed by atoms with Crippen LogP contribution in [-0.4, -0.2) is 23.6 Å². The van der Waals surface area contributed by atoms with Gasteiger partial charge in [0.2, 0.25) is 10.0 Å². The lowest BCUT2D eigenvalue weighted by atomic mass is 9.93. The minimum absolute atomic E-state index is 0.115. The van der Waals surface area contributed by atoms with Crippen molar-refractivity contribution in [3.63, 3.8) is 0 Å². The van der Waals surface area contributed by atoms with Crippen molar-refractivity contribution < 1.29 is 8.42 Å². The number of nitrogens with zero attached hydrogens (tertiary/aromatic N) is 2. The van der Waals surface area contributed by atoms with Gasteiger partial charge in [-0.1, -0.05) is 20.8 Å². The highest BCUT2D eigenvalue weighted by Gasteiger charge is 2.18. The number of hydrogen-bond donors (Lipinski definition) is 0. The zero-order valence-electron chi connectivity index (χ0n) is 8.27. The summed E-state index contributed by atoms with van der Waals surface area (Å²) in [7, 11) is -3.19. The van der Waals surface area contributed by atoms with Crippen LogP contribution in [0.2, 0.25) is 0 Å². The highest BCUT2D eigenvalue weighted by molar-refractivity contribution is 7.89. The van der Waals surface area contributed by atoms with Crippen molar-refractivity contribution in [1.29, 1.82) is 0 Å². The van der Waals surface area contributed by atoms with Crippen molar-refractivity contribution in [1.82, 2.24) is 8.96 Å². The summed E-state index contributed by atoms with van der Waals surface area (Å²) in [6.07, 6.45) is 4.03. The van der Waals surface area contributed by atoms with Gasteiger partial charge >= 0.3 is 0 Å². The van der Waals surface area contributed by atoms with E-state index in [1.54, 1.807) is 6.20 Å². The molecule has 0 aliphatic carbocycles. The third-order valence-electron chi connectivity index (χ3n) is 1.71. The van der Waals surface area contributed by atoms with E-state index in [1.807, 2.05) is 20.8 Å². The second-order valence-corrected chi connectivity index (χ2v) is 5.99. The van der Waals surface area contributed by atoms with Crippen molar-refractivity contribution in [3.8, 4) is 0 Å². The van der Waals surface area contributed by atoms with Crippen molar-refractivity contribution in [3.05, 3.63) is 18.2 Å². The van der Waals surface area contributed by atoms with Gasteiger partial charge in [-0.15, -0.1) is 0 Å². The van der Waals surface area contributed by atoms with Crippen molar-refractivity contribution in [2.45, 2.75) is 26.2 Å². The summed E-state index contributed by atoms with van der Waals surface area (Å²) < 4.78 is 23.3. The Morgan fingerprint density at radius 1 is 1.38 bits per heavy atom. The second kappa shape index (κ2) is 2.83. The van der Waals surface area contributed by atoms with Gasteiger partial charge in [-0.25, -0.2) is 17.4 Å². The van der Waals surface area contributed by atoms with Crippen LogP contribution in [-0.2, 0) is 15.4 Å². The molecule has 0 fully saturated rings. The van der Waals surface area contributed by atoms with Crippen molar-refractivity contribution in [2.75, 3.05) is 6.26 Å². The lowest BCUT2D eigenvalue weighted by Gasteiger charge is -2.13. The molecule has 5 heteroatoms. The van der Waals surface area contributed by atoms with Crippen LogP contribution in [0.15, 0.2) is 12.5 Å². The highest BCUT2D eigenvalue weighted by atomic mass is 32.2. The number of aromatic nitrogens is 2. The minimum Gasteiger partial charge on any atom is -0.240 e. The standard InChI is InChI=1S/C8H14N2O2S/c1-8(2,3)7-5-10(6-9-7)13(4,11)12/h5-6H,1-4H3. The molecule has 0 saturated heterocycles. The topological polar surface area (TPSA) is 52.0 Å². The zero-order chi connectivity index (χ0) is 10.3. The Hall–Kier alpha value is -0.840. The third-order valence-corrected chi connectivity index (χ3v) is 2.68. The summed E-state index contributed by atoms with van der Waals surface area (Å²) in [5.74, 6) is 0. The summed E-state index contributed by atoms with van der Waals surface area (Å²) in [4.78, 5) is 4.04. The van der Waals surface area contributed by atoms with Gasteiger partial charge in [-0.2, -0.15) is 0 Å². The fourth-order valence-corrected chi connectivity index (χ4v) is 1.38. The van der Waals surface area contributed by atoms with Crippen LogP contribution in [0.5, 0.6) is 0 Å². The van der Waals surface area contributed by atoms with Gasteiger partial charge in [0, 0.05) is 11.6 Å². The van der Waals surface area contributed by atoms with Gasteiger partial charge in [0.1, 0.15) is 6.33 Å². The van der Waals surface area contributed by atoms with E-state index in [0.29, 0.717) is 0 Å². The second-order valence-electron chi connectivity index (χ2n) is 4.10. The zero-order valence-corrected chi connectivity index (χ0v) is 9.09. The first-order valence-electron chi connectivity index (χ1n) is 3.96. The molecule has 4 nitrogen and oxygen atoms in total. The van der Waals surface area contributed by atoms with E-state index < -0.39 is 10.0 Å². The maximum absolute atomic E-state index is 11.1. The summed E-state index contributed by atoms with van der Waals surface area (Å²) in [5, 5.41) is 0. The first kappa shape index (κ1) is 10.2. The Morgan fingerprint density at radius 2 is 1.92 bits per heavy atom. The smallest absolute Gasteiger partial charge is 0.236 e. The van der Waals surface area contributed by atoms with Gasteiger partial charge in [-0.3, -0.25) is 0 Å². The van der Waals surface area contributed by atoms with E-state index in [9.17, 15) is 8.42 Å². The third kappa shape index (κ3) is 2.30. The predicted molar refractivity (Wildman–Crippen MR) is 51.2 cm³/mol. The molecule has 0 aliphatic rings. The van der Waals surface area contributed by atoms with Crippen LogP contribution in [0, 0.1) is 0 Å². The molecule has 0 aliphatic heterocycles. The lowest BCUT2D eigenvalue weighted by Crippen LogP contribution is -2.12. The fraction of sp³-hybridized carbons (Fsp3) is 0.625. The summed E-state index contributed by atoms with van der Waals surface area (Å²) >= 11 is 0. The molecular formula is C8H14N2O2S. The van der Waals surface area contributed by atoms with E-state index in [2.05, 4.69) is 4.98 Å². The summed E-state index contributed by atoms with van der Waals surface area (Å²) in [6.45, 7) is 5.96. The normalized spacial score (nSPS) is 13.2. The Kier molecular flexibility index (Phi) is 2.23. The molecule has 0 bridgehead atoms. The Balaban J connectivity index is 3.16. The molecule has 0 aromatic carbocycles. The molecule has 0 unspecified atom stereocenters. The van der Waals surface area contributed by atoms with Gasteiger partial charge < -0.3 is 0 Å². The maximum Gasteiger partial charge on any atom is 0.236 e. The average Bonchev–Trinajstić information content (AvgIpc) is 2.28. The number of hydrogen-bond acceptors (Lipinski definition) is 3. The first-order valence-corrected chi connectivity index (χ1v) is 5.81. The minimum atomic E-state index is -3.19. The largest absolute Gasteiger partial charge is 0.240 e. The van der Waals surface area contributed by atoms with Crippen LogP contribution >= 0.6 is 0 Å². The SMILES string of the molecule is CC(C)(C)c1cn(S(C)(=O)=O)cn1. The van der Waals surface area contributed by atoms with Gasteiger partial charge in [0.15, 0.2) is 0 Å². The summed E-state index contributed by atoms with van der Waals surface area (Å²) in [5.41, 5.74) is 0.661. The molecule has 1 aromatic heterocycles. The number of rotatable bonds is 1. The molecule has 0 spiro atoms. The monoisotopic (exact) mass is 202 g/mol.